The minimum Gasteiger partial charge on any atom is -0.494 e. The van der Waals surface area contributed by atoms with Gasteiger partial charge >= 0.3 is 5.97 Å². The molecular formula is C17H27NO4. The van der Waals surface area contributed by atoms with Crippen LogP contribution >= 0.6 is 0 Å². The van der Waals surface area contributed by atoms with E-state index in [-0.39, 0.29) is 11.5 Å². The van der Waals surface area contributed by atoms with Gasteiger partial charge in [-0.1, -0.05) is 20.8 Å². The second kappa shape index (κ2) is 11.6. The lowest BCUT2D eigenvalue weighted by molar-refractivity contribution is -0.129. The molecule has 5 nitrogen and oxygen atoms in total. The molecular weight excluding hydrogens is 282 g/mol. The summed E-state index contributed by atoms with van der Waals surface area (Å²) in [6.07, 6.45) is 2.26. The number of carbonyl (C=O) groups is 2. The first-order valence-electron chi connectivity index (χ1n) is 7.74. The van der Waals surface area contributed by atoms with E-state index in [0.717, 1.165) is 19.4 Å². The quantitative estimate of drug-likeness (QED) is 0.747. The molecule has 1 N–H and O–H groups in total. The average molecular weight is 309 g/mol. The third-order valence-electron chi connectivity index (χ3n) is 2.99. The van der Waals surface area contributed by atoms with Crippen LogP contribution in [0.4, 0.5) is 0 Å². The molecule has 124 valence electrons. The summed E-state index contributed by atoms with van der Waals surface area (Å²) in [5, 5.41) is 8.77. The van der Waals surface area contributed by atoms with Gasteiger partial charge in [0.05, 0.1) is 12.2 Å². The lowest BCUT2D eigenvalue weighted by Crippen LogP contribution is -2.26. The van der Waals surface area contributed by atoms with Crippen LogP contribution in [0.25, 0.3) is 0 Å². The third kappa shape index (κ3) is 7.67. The molecule has 0 aliphatic carbocycles. The third-order valence-corrected chi connectivity index (χ3v) is 2.99. The summed E-state index contributed by atoms with van der Waals surface area (Å²) in [7, 11) is 1.80. The highest BCUT2D eigenvalue weighted by Crippen LogP contribution is 2.12. The topological polar surface area (TPSA) is 66.8 Å². The maximum absolute atomic E-state index is 11.3. The largest absolute Gasteiger partial charge is 0.494 e. The number of carboxylic acids is 1. The molecule has 0 spiro atoms. The molecule has 1 rings (SSSR count). The van der Waals surface area contributed by atoms with E-state index >= 15 is 0 Å². The highest BCUT2D eigenvalue weighted by Gasteiger charge is 2.05. The van der Waals surface area contributed by atoms with Gasteiger partial charge in [0.1, 0.15) is 5.75 Å². The summed E-state index contributed by atoms with van der Waals surface area (Å²) in [6.45, 7) is 7.14. The van der Waals surface area contributed by atoms with E-state index in [2.05, 4.69) is 0 Å². The molecule has 0 aliphatic rings. The first kappa shape index (κ1) is 20.0. The maximum Gasteiger partial charge on any atom is 0.335 e. The molecule has 0 saturated carbocycles. The van der Waals surface area contributed by atoms with Gasteiger partial charge in [0.15, 0.2) is 0 Å². The SMILES string of the molecule is CC.CCC(=O)N(C)CCCCOc1ccc(C(=O)O)cc1. The number of nitrogens with zero attached hydrogens (tertiary/aromatic N) is 1. The van der Waals surface area contributed by atoms with Crippen LogP contribution in [0.1, 0.15) is 50.4 Å². The van der Waals surface area contributed by atoms with E-state index in [1.54, 1.807) is 24.1 Å². The molecule has 1 aromatic carbocycles. The van der Waals surface area contributed by atoms with Crippen molar-refractivity contribution in [2.45, 2.75) is 40.0 Å². The first-order valence-corrected chi connectivity index (χ1v) is 7.74. The number of benzene rings is 1. The highest BCUT2D eigenvalue weighted by atomic mass is 16.5. The fraction of sp³-hybridized carbons (Fsp3) is 0.529. The molecule has 1 amide bonds. The van der Waals surface area contributed by atoms with Crippen LogP contribution in [-0.4, -0.2) is 42.1 Å². The number of hydrogen-bond acceptors (Lipinski definition) is 3. The summed E-state index contributed by atoms with van der Waals surface area (Å²) in [5.41, 5.74) is 0.247. The van der Waals surface area contributed by atoms with Crippen molar-refractivity contribution in [3.05, 3.63) is 29.8 Å². The predicted octanol–water partition coefficient (Wildman–Crippen LogP) is 3.44. The zero-order valence-corrected chi connectivity index (χ0v) is 14.0. The van der Waals surface area contributed by atoms with E-state index in [1.165, 1.54) is 12.1 Å². The Morgan fingerprint density at radius 3 is 2.23 bits per heavy atom. The van der Waals surface area contributed by atoms with Crippen LogP contribution < -0.4 is 4.74 Å². The Balaban J connectivity index is 0.00000211. The molecule has 0 saturated heterocycles. The number of unbranched alkanes of at least 4 members (excludes halogenated alkanes) is 1. The molecule has 22 heavy (non-hydrogen) atoms. The van der Waals surface area contributed by atoms with Gasteiger partial charge < -0.3 is 14.7 Å². The molecule has 1 aromatic rings. The highest BCUT2D eigenvalue weighted by molar-refractivity contribution is 5.87. The van der Waals surface area contributed by atoms with E-state index in [0.29, 0.717) is 18.8 Å². The van der Waals surface area contributed by atoms with Crippen molar-refractivity contribution in [1.82, 2.24) is 4.90 Å². The molecule has 0 aliphatic heterocycles. The summed E-state index contributed by atoms with van der Waals surface area (Å²) in [4.78, 5) is 23.7. The molecule has 0 atom stereocenters. The Morgan fingerprint density at radius 1 is 1.14 bits per heavy atom. The number of rotatable bonds is 8. The first-order chi connectivity index (χ1) is 10.5. The zero-order chi connectivity index (χ0) is 17.0. The molecule has 0 unspecified atom stereocenters. The van der Waals surface area contributed by atoms with Gasteiger partial charge in [-0.3, -0.25) is 4.79 Å². The van der Waals surface area contributed by atoms with E-state index in [4.69, 9.17) is 9.84 Å². The van der Waals surface area contributed by atoms with Gasteiger partial charge in [-0.05, 0) is 37.1 Å². The Morgan fingerprint density at radius 2 is 1.73 bits per heavy atom. The Kier molecular flexibility index (Phi) is 10.5. The van der Waals surface area contributed by atoms with Crippen LogP contribution in [0.2, 0.25) is 0 Å². The molecule has 0 radical (unpaired) electrons. The number of carbonyl (C=O) groups excluding carboxylic acids is 1. The number of ether oxygens (including phenoxy) is 1. The monoisotopic (exact) mass is 309 g/mol. The van der Waals surface area contributed by atoms with Crippen molar-refractivity contribution in [3.8, 4) is 5.75 Å². The van der Waals surface area contributed by atoms with E-state index in [1.807, 2.05) is 20.8 Å². The standard InChI is InChI=1S/C15H21NO4.C2H6/c1-3-14(17)16(2)10-4-5-11-20-13-8-6-12(7-9-13)15(18)19;1-2/h6-9H,3-5,10-11H2,1-2H3,(H,18,19);1-2H3. The van der Waals surface area contributed by atoms with Crippen LogP contribution in [-0.2, 0) is 4.79 Å². The van der Waals surface area contributed by atoms with Gasteiger partial charge in [0.2, 0.25) is 5.91 Å². The second-order valence-corrected chi connectivity index (χ2v) is 4.55. The van der Waals surface area contributed by atoms with Gasteiger partial charge in [0.25, 0.3) is 0 Å². The fourth-order valence-corrected chi connectivity index (χ4v) is 1.73. The lowest BCUT2D eigenvalue weighted by Gasteiger charge is -2.16. The van der Waals surface area contributed by atoms with E-state index in [9.17, 15) is 9.59 Å². The molecule has 0 bridgehead atoms. The van der Waals surface area contributed by atoms with Crippen LogP contribution in [0.15, 0.2) is 24.3 Å². The van der Waals surface area contributed by atoms with Crippen molar-refractivity contribution in [3.63, 3.8) is 0 Å². The molecule has 5 heteroatoms. The molecule has 0 fully saturated rings. The predicted molar refractivity (Wildman–Crippen MR) is 87.4 cm³/mol. The number of carboxylic acid groups (broad SMARTS) is 1. The van der Waals surface area contributed by atoms with Gasteiger partial charge in [-0.25, -0.2) is 4.79 Å². The fourth-order valence-electron chi connectivity index (χ4n) is 1.73. The summed E-state index contributed by atoms with van der Waals surface area (Å²) in [5.74, 6) is -0.136. The van der Waals surface area contributed by atoms with Crippen molar-refractivity contribution >= 4 is 11.9 Å². The van der Waals surface area contributed by atoms with Gasteiger partial charge in [-0.15, -0.1) is 0 Å². The summed E-state index contributed by atoms with van der Waals surface area (Å²) < 4.78 is 5.51. The normalized spacial score (nSPS) is 9.45. The smallest absolute Gasteiger partial charge is 0.335 e. The van der Waals surface area contributed by atoms with Gasteiger partial charge in [0, 0.05) is 20.0 Å². The average Bonchev–Trinajstić information content (AvgIpc) is 2.55. The number of amides is 1. The van der Waals surface area contributed by atoms with Gasteiger partial charge in [-0.2, -0.15) is 0 Å². The van der Waals surface area contributed by atoms with Crippen LogP contribution in [0.5, 0.6) is 5.75 Å². The van der Waals surface area contributed by atoms with Crippen molar-refractivity contribution in [2.24, 2.45) is 0 Å². The second-order valence-electron chi connectivity index (χ2n) is 4.55. The van der Waals surface area contributed by atoms with E-state index < -0.39 is 5.97 Å². The van der Waals surface area contributed by atoms with Crippen molar-refractivity contribution < 1.29 is 19.4 Å². The number of aromatic carboxylic acids is 1. The van der Waals surface area contributed by atoms with Crippen molar-refractivity contribution in [2.75, 3.05) is 20.2 Å². The maximum atomic E-state index is 11.3. The van der Waals surface area contributed by atoms with Crippen molar-refractivity contribution in [1.29, 1.82) is 0 Å². The summed E-state index contributed by atoms with van der Waals surface area (Å²) in [6, 6.07) is 6.34. The Bertz CT molecular complexity index is 442. The number of hydrogen-bond donors (Lipinski definition) is 1. The summed E-state index contributed by atoms with van der Waals surface area (Å²) >= 11 is 0. The minimum atomic E-state index is -0.944. The Labute approximate surface area is 132 Å². The molecule has 0 heterocycles. The Hall–Kier alpha value is -2.04. The lowest BCUT2D eigenvalue weighted by atomic mass is 10.2. The molecule has 0 aromatic heterocycles. The van der Waals surface area contributed by atoms with Crippen LogP contribution in [0.3, 0.4) is 0 Å². The zero-order valence-electron chi connectivity index (χ0n) is 14.0. The van der Waals surface area contributed by atoms with Crippen LogP contribution in [0, 0.1) is 0 Å². The minimum absolute atomic E-state index is 0.148.